The normalized spacial score (nSPS) is 24.3. The summed E-state index contributed by atoms with van der Waals surface area (Å²) in [6.07, 6.45) is 6.64. The van der Waals surface area contributed by atoms with Crippen LogP contribution in [-0.2, 0) is 11.2 Å². The maximum absolute atomic E-state index is 12.1. The molecule has 24 heavy (non-hydrogen) atoms. The van der Waals surface area contributed by atoms with Crippen LogP contribution in [0.15, 0.2) is 4.52 Å². The molecular weight excluding hydrogens is 306 g/mol. The van der Waals surface area contributed by atoms with Gasteiger partial charge in [0.25, 0.3) is 0 Å². The van der Waals surface area contributed by atoms with Gasteiger partial charge in [-0.25, -0.2) is 4.79 Å². The van der Waals surface area contributed by atoms with Crippen LogP contribution in [-0.4, -0.2) is 36.5 Å². The van der Waals surface area contributed by atoms with Gasteiger partial charge in [0.2, 0.25) is 0 Å². The average Bonchev–Trinajstić information content (AvgIpc) is 2.80. The number of amides is 2. The maximum Gasteiger partial charge on any atom is 0.315 e. The van der Waals surface area contributed by atoms with Gasteiger partial charge in [-0.1, -0.05) is 11.6 Å². The van der Waals surface area contributed by atoms with Crippen molar-refractivity contribution < 1.29 is 14.1 Å². The Kier molecular flexibility index (Phi) is 5.13. The number of hydrogen-bond donors (Lipinski definition) is 2. The number of carbonyl (C=O) groups is 1. The van der Waals surface area contributed by atoms with E-state index in [-0.39, 0.29) is 17.5 Å². The van der Waals surface area contributed by atoms with Crippen LogP contribution >= 0.6 is 0 Å². The molecule has 2 atom stereocenters. The lowest BCUT2D eigenvalue weighted by Gasteiger charge is -2.60. The third kappa shape index (κ3) is 3.16. The molecule has 3 rings (SSSR count). The first-order chi connectivity index (χ1) is 11.6. The third-order valence-electron chi connectivity index (χ3n) is 5.81. The highest BCUT2D eigenvalue weighted by Crippen LogP contribution is 2.57. The Hall–Kier alpha value is -1.56. The van der Waals surface area contributed by atoms with E-state index in [0.717, 1.165) is 42.9 Å². The van der Waals surface area contributed by atoms with E-state index in [1.165, 1.54) is 19.3 Å². The molecule has 0 bridgehead atoms. The highest BCUT2D eigenvalue weighted by molar-refractivity contribution is 5.74. The molecule has 6 nitrogen and oxygen atoms in total. The smallest absolute Gasteiger partial charge is 0.315 e. The van der Waals surface area contributed by atoms with Crippen LogP contribution in [0.3, 0.4) is 0 Å². The summed E-state index contributed by atoms with van der Waals surface area (Å²) in [5.41, 5.74) is 2.31. The van der Waals surface area contributed by atoms with E-state index < -0.39 is 0 Å². The minimum absolute atomic E-state index is 0.0556. The molecule has 1 aromatic heterocycles. The van der Waals surface area contributed by atoms with E-state index in [4.69, 9.17) is 9.26 Å². The summed E-state index contributed by atoms with van der Waals surface area (Å²) in [5.74, 6) is 0.875. The van der Waals surface area contributed by atoms with Gasteiger partial charge < -0.3 is 19.9 Å². The number of aryl methyl sites for hydroxylation is 2. The summed E-state index contributed by atoms with van der Waals surface area (Å²) in [7, 11) is 0. The summed E-state index contributed by atoms with van der Waals surface area (Å²) < 4.78 is 11.0. The number of rotatable bonds is 7. The number of aromatic nitrogens is 1. The van der Waals surface area contributed by atoms with Gasteiger partial charge in [-0.2, -0.15) is 0 Å². The Labute approximate surface area is 143 Å². The molecule has 0 saturated heterocycles. The summed E-state index contributed by atoms with van der Waals surface area (Å²) >= 11 is 0. The average molecular weight is 335 g/mol. The summed E-state index contributed by atoms with van der Waals surface area (Å²) in [6, 6.07) is 0.213. The molecule has 6 heteroatoms. The lowest BCUT2D eigenvalue weighted by molar-refractivity contribution is -0.169. The highest BCUT2D eigenvalue weighted by Gasteiger charge is 2.59. The van der Waals surface area contributed by atoms with Gasteiger partial charge in [0.15, 0.2) is 0 Å². The van der Waals surface area contributed by atoms with Crippen molar-refractivity contribution in [3.63, 3.8) is 0 Å². The van der Waals surface area contributed by atoms with Gasteiger partial charge >= 0.3 is 6.03 Å². The van der Waals surface area contributed by atoms with Crippen molar-refractivity contribution in [2.75, 3.05) is 13.2 Å². The molecule has 2 aliphatic rings. The molecule has 0 aliphatic heterocycles. The molecule has 1 spiro atoms. The van der Waals surface area contributed by atoms with E-state index >= 15 is 0 Å². The molecule has 2 saturated carbocycles. The van der Waals surface area contributed by atoms with Crippen LogP contribution in [0.2, 0.25) is 0 Å². The molecule has 2 fully saturated rings. The van der Waals surface area contributed by atoms with Gasteiger partial charge in [0.05, 0.1) is 11.8 Å². The topological polar surface area (TPSA) is 76.4 Å². The monoisotopic (exact) mass is 335 g/mol. The van der Waals surface area contributed by atoms with Crippen LogP contribution in [0.5, 0.6) is 0 Å². The maximum atomic E-state index is 12.1. The minimum atomic E-state index is -0.0556. The van der Waals surface area contributed by atoms with Gasteiger partial charge in [-0.3, -0.25) is 0 Å². The predicted octanol–water partition coefficient (Wildman–Crippen LogP) is 2.87. The molecule has 2 amide bonds. The van der Waals surface area contributed by atoms with Crippen LogP contribution in [0.1, 0.15) is 56.0 Å². The lowest BCUT2D eigenvalue weighted by atomic mass is 9.51. The number of nitrogens with zero attached hydrogens (tertiary/aromatic N) is 1. The summed E-state index contributed by atoms with van der Waals surface area (Å²) in [4.78, 5) is 12.1. The number of ether oxygens (including phenoxy) is 1. The van der Waals surface area contributed by atoms with Crippen LogP contribution < -0.4 is 10.6 Å². The van der Waals surface area contributed by atoms with Crippen molar-refractivity contribution in [1.29, 1.82) is 0 Å². The molecule has 0 unspecified atom stereocenters. The fourth-order valence-electron chi connectivity index (χ4n) is 4.18. The van der Waals surface area contributed by atoms with Crippen molar-refractivity contribution in [2.24, 2.45) is 5.41 Å². The second kappa shape index (κ2) is 7.13. The van der Waals surface area contributed by atoms with Crippen LogP contribution in [0.25, 0.3) is 0 Å². The molecular formula is C18H29N3O3. The molecule has 2 aliphatic carbocycles. The number of carbonyl (C=O) groups excluding carboxylic acids is 1. The van der Waals surface area contributed by atoms with Crippen molar-refractivity contribution in [2.45, 2.75) is 71.4 Å². The Morgan fingerprint density at radius 2 is 2.21 bits per heavy atom. The molecule has 1 aromatic rings. The van der Waals surface area contributed by atoms with Crippen LogP contribution in [0, 0.1) is 19.3 Å². The first-order valence-electron chi connectivity index (χ1n) is 9.14. The van der Waals surface area contributed by atoms with Crippen molar-refractivity contribution in [3.05, 3.63) is 17.0 Å². The minimum Gasteiger partial charge on any atom is -0.378 e. The van der Waals surface area contributed by atoms with Crippen molar-refractivity contribution >= 4 is 6.03 Å². The molecule has 0 aromatic carbocycles. The predicted molar refractivity (Wildman–Crippen MR) is 90.9 cm³/mol. The van der Waals surface area contributed by atoms with Gasteiger partial charge in [0.1, 0.15) is 5.76 Å². The fraction of sp³-hybridized carbons (Fsp3) is 0.778. The van der Waals surface area contributed by atoms with E-state index in [2.05, 4.69) is 15.8 Å². The van der Waals surface area contributed by atoms with Gasteiger partial charge in [-0.15, -0.1) is 0 Å². The number of hydrogen-bond acceptors (Lipinski definition) is 4. The molecule has 0 radical (unpaired) electrons. The standard InChI is InChI=1S/C18H29N3O3/c1-4-23-16-11-15(18(16)8-6-9-18)20-17(22)19-10-5-7-14-12(2)21-24-13(14)3/h15-16H,4-11H2,1-3H3,(H2,19,20,22)/t15-,16-/m0/s1. The van der Waals surface area contributed by atoms with Crippen molar-refractivity contribution in [3.8, 4) is 0 Å². The largest absolute Gasteiger partial charge is 0.378 e. The molecule has 134 valence electrons. The Balaban J connectivity index is 1.38. The van der Waals surface area contributed by atoms with Crippen LogP contribution in [0.4, 0.5) is 4.79 Å². The zero-order valence-electron chi connectivity index (χ0n) is 15.0. The van der Waals surface area contributed by atoms with E-state index in [1.54, 1.807) is 0 Å². The van der Waals surface area contributed by atoms with E-state index in [1.807, 2.05) is 20.8 Å². The third-order valence-corrected chi connectivity index (χ3v) is 5.81. The zero-order valence-corrected chi connectivity index (χ0v) is 15.0. The molecule has 2 N–H and O–H groups in total. The second-order valence-electron chi connectivity index (χ2n) is 7.13. The first kappa shape index (κ1) is 17.3. The van der Waals surface area contributed by atoms with E-state index in [9.17, 15) is 4.79 Å². The molecule has 1 heterocycles. The first-order valence-corrected chi connectivity index (χ1v) is 9.14. The Bertz CT molecular complexity index is 561. The SMILES string of the molecule is CCO[C@H]1C[C@H](NC(=O)NCCCc2c(C)noc2C)C12CCC2. The Morgan fingerprint density at radius 1 is 1.42 bits per heavy atom. The van der Waals surface area contributed by atoms with Crippen molar-refractivity contribution in [1.82, 2.24) is 15.8 Å². The fourth-order valence-corrected chi connectivity index (χ4v) is 4.18. The quantitative estimate of drug-likeness (QED) is 0.751. The Morgan fingerprint density at radius 3 is 2.79 bits per heavy atom. The number of urea groups is 1. The van der Waals surface area contributed by atoms with Gasteiger partial charge in [-0.05, 0) is 52.9 Å². The zero-order chi connectivity index (χ0) is 17.2. The second-order valence-corrected chi connectivity index (χ2v) is 7.13. The summed E-state index contributed by atoms with van der Waals surface area (Å²) in [5, 5.41) is 10.1. The summed E-state index contributed by atoms with van der Waals surface area (Å²) in [6.45, 7) is 7.34. The van der Waals surface area contributed by atoms with E-state index in [0.29, 0.717) is 12.6 Å². The lowest BCUT2D eigenvalue weighted by Crippen LogP contribution is -2.68. The highest BCUT2D eigenvalue weighted by atomic mass is 16.5. The number of nitrogens with one attached hydrogen (secondary N) is 2. The van der Waals surface area contributed by atoms with Gasteiger partial charge in [0, 0.05) is 30.2 Å².